The number of hydrogen-bond acceptors (Lipinski definition) is 2. The third-order valence-electron chi connectivity index (χ3n) is 3.93. The molecule has 1 aliphatic rings. The van der Waals surface area contributed by atoms with E-state index >= 15 is 0 Å². The van der Waals surface area contributed by atoms with Crippen LogP contribution in [0, 0.1) is 19.8 Å². The predicted molar refractivity (Wildman–Crippen MR) is 71.2 cm³/mol. The van der Waals surface area contributed by atoms with Crippen LogP contribution < -0.4 is 5.32 Å². The molecule has 0 aromatic carbocycles. The van der Waals surface area contributed by atoms with E-state index in [2.05, 4.69) is 31.2 Å². The Morgan fingerprint density at radius 3 is 2.59 bits per heavy atom. The van der Waals surface area contributed by atoms with E-state index in [0.29, 0.717) is 6.04 Å². The average molecular weight is 235 g/mol. The molecule has 1 unspecified atom stereocenters. The largest absolute Gasteiger partial charge is 0.313 e. The van der Waals surface area contributed by atoms with E-state index in [0.717, 1.165) is 18.9 Å². The number of hydrogen-bond donors (Lipinski definition) is 1. The van der Waals surface area contributed by atoms with Crippen molar-refractivity contribution in [2.45, 2.75) is 52.5 Å². The average Bonchev–Trinajstić information content (AvgIpc) is 3.09. The molecule has 0 amide bonds. The van der Waals surface area contributed by atoms with Gasteiger partial charge in [-0.2, -0.15) is 5.10 Å². The second-order valence-corrected chi connectivity index (χ2v) is 5.38. The third kappa shape index (κ3) is 2.89. The maximum absolute atomic E-state index is 4.51. The smallest absolute Gasteiger partial charge is 0.0628 e. The van der Waals surface area contributed by atoms with Gasteiger partial charge in [-0.05, 0) is 57.6 Å². The predicted octanol–water partition coefficient (Wildman–Crippen LogP) is 2.36. The summed E-state index contributed by atoms with van der Waals surface area (Å²) in [5.41, 5.74) is 3.98. The minimum atomic E-state index is 0.663. The quantitative estimate of drug-likeness (QED) is 0.820. The summed E-state index contributed by atoms with van der Waals surface area (Å²) < 4.78 is 2.01. The Hall–Kier alpha value is -0.830. The van der Waals surface area contributed by atoms with Gasteiger partial charge < -0.3 is 5.32 Å². The topological polar surface area (TPSA) is 29.9 Å². The van der Waals surface area contributed by atoms with Crippen molar-refractivity contribution in [2.75, 3.05) is 6.54 Å². The van der Waals surface area contributed by atoms with Crippen LogP contribution in [0.25, 0.3) is 0 Å². The van der Waals surface area contributed by atoms with Crippen LogP contribution in [-0.4, -0.2) is 22.4 Å². The highest BCUT2D eigenvalue weighted by molar-refractivity contribution is 5.25. The molecule has 0 saturated heterocycles. The Kier molecular flexibility index (Phi) is 3.87. The van der Waals surface area contributed by atoms with Crippen LogP contribution in [0.5, 0.6) is 0 Å². The van der Waals surface area contributed by atoms with Crippen molar-refractivity contribution in [3.05, 3.63) is 17.0 Å². The standard InChI is InChI=1S/C14H25N3/c1-5-8-15-14(12-6-7-12)9-13-10(2)16-17(4)11(13)3/h12,14-15H,5-9H2,1-4H3. The molecule has 3 heteroatoms. The maximum Gasteiger partial charge on any atom is 0.0628 e. The molecular weight excluding hydrogens is 210 g/mol. The minimum absolute atomic E-state index is 0.663. The van der Waals surface area contributed by atoms with Gasteiger partial charge in [0.25, 0.3) is 0 Å². The van der Waals surface area contributed by atoms with Gasteiger partial charge in [0.1, 0.15) is 0 Å². The van der Waals surface area contributed by atoms with Crippen LogP contribution in [0.3, 0.4) is 0 Å². The van der Waals surface area contributed by atoms with Crippen molar-refractivity contribution in [1.29, 1.82) is 0 Å². The number of aromatic nitrogens is 2. The van der Waals surface area contributed by atoms with E-state index in [1.165, 1.54) is 36.2 Å². The molecule has 0 radical (unpaired) electrons. The van der Waals surface area contributed by atoms with E-state index in [1.54, 1.807) is 0 Å². The molecule has 2 rings (SSSR count). The monoisotopic (exact) mass is 235 g/mol. The molecule has 1 aromatic heterocycles. The number of nitrogens with zero attached hydrogens (tertiary/aromatic N) is 2. The molecule has 96 valence electrons. The number of rotatable bonds is 6. The molecule has 0 aliphatic heterocycles. The fourth-order valence-electron chi connectivity index (χ4n) is 2.57. The van der Waals surface area contributed by atoms with Crippen molar-refractivity contribution >= 4 is 0 Å². The highest BCUT2D eigenvalue weighted by Crippen LogP contribution is 2.34. The first kappa shape index (κ1) is 12.6. The molecule has 1 saturated carbocycles. The molecule has 3 nitrogen and oxygen atoms in total. The summed E-state index contributed by atoms with van der Waals surface area (Å²) in [6.07, 6.45) is 5.17. The Balaban J connectivity index is 2.05. The van der Waals surface area contributed by atoms with E-state index in [4.69, 9.17) is 0 Å². The summed E-state index contributed by atoms with van der Waals surface area (Å²) in [6, 6.07) is 0.663. The summed E-state index contributed by atoms with van der Waals surface area (Å²) in [7, 11) is 2.04. The second-order valence-electron chi connectivity index (χ2n) is 5.38. The summed E-state index contributed by atoms with van der Waals surface area (Å²) >= 11 is 0. The van der Waals surface area contributed by atoms with Crippen molar-refractivity contribution in [3.8, 4) is 0 Å². The van der Waals surface area contributed by atoms with Gasteiger partial charge in [-0.15, -0.1) is 0 Å². The lowest BCUT2D eigenvalue weighted by Gasteiger charge is -2.18. The molecule has 17 heavy (non-hydrogen) atoms. The van der Waals surface area contributed by atoms with Crippen LogP contribution in [0.1, 0.15) is 43.1 Å². The van der Waals surface area contributed by atoms with Gasteiger partial charge in [0.05, 0.1) is 5.69 Å². The van der Waals surface area contributed by atoms with Crippen molar-refractivity contribution < 1.29 is 0 Å². The summed E-state index contributed by atoms with van der Waals surface area (Å²) in [5.74, 6) is 0.903. The Morgan fingerprint density at radius 1 is 1.41 bits per heavy atom. The van der Waals surface area contributed by atoms with Crippen molar-refractivity contribution in [1.82, 2.24) is 15.1 Å². The summed E-state index contributed by atoms with van der Waals surface area (Å²) in [5, 5.41) is 8.22. The first-order chi connectivity index (χ1) is 8.13. The van der Waals surface area contributed by atoms with E-state index in [9.17, 15) is 0 Å². The molecule has 0 spiro atoms. The number of aryl methyl sites for hydroxylation is 2. The van der Waals surface area contributed by atoms with E-state index < -0.39 is 0 Å². The van der Waals surface area contributed by atoms with Gasteiger partial charge in [-0.3, -0.25) is 4.68 Å². The lowest BCUT2D eigenvalue weighted by molar-refractivity contribution is 0.458. The van der Waals surface area contributed by atoms with Gasteiger partial charge in [0.2, 0.25) is 0 Å². The first-order valence-electron chi connectivity index (χ1n) is 6.86. The van der Waals surface area contributed by atoms with E-state index in [-0.39, 0.29) is 0 Å². The molecule has 1 atom stereocenters. The zero-order valence-electron chi connectivity index (χ0n) is 11.6. The fourth-order valence-corrected chi connectivity index (χ4v) is 2.57. The molecule has 1 aromatic rings. The highest BCUT2D eigenvalue weighted by atomic mass is 15.3. The zero-order valence-corrected chi connectivity index (χ0v) is 11.6. The van der Waals surface area contributed by atoms with Gasteiger partial charge >= 0.3 is 0 Å². The first-order valence-corrected chi connectivity index (χ1v) is 6.86. The minimum Gasteiger partial charge on any atom is -0.313 e. The molecule has 1 heterocycles. The normalized spacial score (nSPS) is 17.4. The Morgan fingerprint density at radius 2 is 2.12 bits per heavy atom. The third-order valence-corrected chi connectivity index (χ3v) is 3.93. The van der Waals surface area contributed by atoms with Crippen LogP contribution in [0.2, 0.25) is 0 Å². The summed E-state index contributed by atoms with van der Waals surface area (Å²) in [6.45, 7) is 7.68. The van der Waals surface area contributed by atoms with Crippen LogP contribution in [0.15, 0.2) is 0 Å². The van der Waals surface area contributed by atoms with Crippen molar-refractivity contribution in [2.24, 2.45) is 13.0 Å². The van der Waals surface area contributed by atoms with Gasteiger partial charge in [0, 0.05) is 18.8 Å². The molecule has 1 fully saturated rings. The highest BCUT2D eigenvalue weighted by Gasteiger charge is 2.31. The number of nitrogens with one attached hydrogen (secondary N) is 1. The van der Waals surface area contributed by atoms with Gasteiger partial charge in [0.15, 0.2) is 0 Å². The zero-order chi connectivity index (χ0) is 12.4. The second kappa shape index (κ2) is 5.21. The lowest BCUT2D eigenvalue weighted by atomic mass is 10.0. The van der Waals surface area contributed by atoms with Gasteiger partial charge in [-0.1, -0.05) is 6.92 Å². The molecule has 1 aliphatic carbocycles. The molecule has 1 N–H and O–H groups in total. The van der Waals surface area contributed by atoms with Crippen LogP contribution in [-0.2, 0) is 13.5 Å². The SMILES string of the molecule is CCCNC(Cc1c(C)nn(C)c1C)C1CC1. The molecular formula is C14H25N3. The summed E-state index contributed by atoms with van der Waals surface area (Å²) in [4.78, 5) is 0. The Bertz CT molecular complexity index is 377. The van der Waals surface area contributed by atoms with E-state index in [1.807, 2.05) is 11.7 Å². The maximum atomic E-state index is 4.51. The fraction of sp³-hybridized carbons (Fsp3) is 0.786. The van der Waals surface area contributed by atoms with Crippen molar-refractivity contribution in [3.63, 3.8) is 0 Å². The molecule has 0 bridgehead atoms. The van der Waals surface area contributed by atoms with Crippen LogP contribution >= 0.6 is 0 Å². The lowest BCUT2D eigenvalue weighted by Crippen LogP contribution is -2.34. The Labute approximate surface area is 105 Å². The van der Waals surface area contributed by atoms with Gasteiger partial charge in [-0.25, -0.2) is 0 Å². The van der Waals surface area contributed by atoms with Crippen LogP contribution in [0.4, 0.5) is 0 Å².